The molecule has 3 N–H and O–H groups in total. The molecule has 7 nitrogen and oxygen atoms in total. The number of phenols is 2. The van der Waals surface area contributed by atoms with Crippen LogP contribution in [0.2, 0.25) is 0 Å². The minimum atomic E-state index is -3.70. The number of aromatic hydroxyl groups is 2. The lowest BCUT2D eigenvalue weighted by Crippen LogP contribution is -2.35. The van der Waals surface area contributed by atoms with Crippen LogP contribution in [0.4, 0.5) is 5.69 Å². The molecular weight excluding hydrogens is 452 g/mol. The number of anilines is 1. The van der Waals surface area contributed by atoms with Gasteiger partial charge in [-0.2, -0.15) is 0 Å². The van der Waals surface area contributed by atoms with E-state index in [-0.39, 0.29) is 28.3 Å². The first-order valence-corrected chi connectivity index (χ1v) is 12.3. The summed E-state index contributed by atoms with van der Waals surface area (Å²) < 4.78 is 28.5. The average Bonchev–Trinajstić information content (AvgIpc) is 3.22. The third-order valence-electron chi connectivity index (χ3n) is 5.93. The predicted octanol–water partition coefficient (Wildman–Crippen LogP) is 3.61. The summed E-state index contributed by atoms with van der Waals surface area (Å²) in [4.78, 5) is 14.4. The van der Waals surface area contributed by atoms with Crippen LogP contribution in [0.3, 0.4) is 0 Å². The molecule has 4 rings (SSSR count). The van der Waals surface area contributed by atoms with Crippen molar-refractivity contribution in [3.8, 4) is 11.5 Å². The fourth-order valence-corrected chi connectivity index (χ4v) is 5.34. The standard InChI is InChI=1S/C26H26N2O5S/c1-17(13-18-7-12-24(29)25(30)14-18)26(31)28(2)22-8-10-23(11-9-22)34(32,33)27-21-15-19-5-3-4-6-20(19)16-21/h3-14,21,27,29-30H,15-16H2,1-2H3. The normalized spacial score (nSPS) is 14.1. The van der Waals surface area contributed by atoms with Crippen molar-refractivity contribution in [2.45, 2.75) is 30.7 Å². The molecule has 0 radical (unpaired) electrons. The van der Waals surface area contributed by atoms with Gasteiger partial charge in [0.1, 0.15) is 0 Å². The summed E-state index contributed by atoms with van der Waals surface area (Å²) in [6, 6.07) is 18.2. The number of hydrogen-bond donors (Lipinski definition) is 3. The van der Waals surface area contributed by atoms with Gasteiger partial charge < -0.3 is 15.1 Å². The number of hydrogen-bond acceptors (Lipinski definition) is 5. The lowest BCUT2D eigenvalue weighted by atomic mass is 10.1. The van der Waals surface area contributed by atoms with Crippen LogP contribution in [0.25, 0.3) is 6.08 Å². The third kappa shape index (κ3) is 4.98. The van der Waals surface area contributed by atoms with E-state index in [2.05, 4.69) is 4.72 Å². The van der Waals surface area contributed by atoms with Crippen molar-refractivity contribution in [2.24, 2.45) is 0 Å². The number of nitrogens with one attached hydrogen (secondary N) is 1. The number of benzene rings is 3. The van der Waals surface area contributed by atoms with Crippen molar-refractivity contribution < 1.29 is 23.4 Å². The van der Waals surface area contributed by atoms with Crippen LogP contribution in [-0.4, -0.2) is 37.6 Å². The second-order valence-electron chi connectivity index (χ2n) is 8.43. The van der Waals surface area contributed by atoms with E-state index >= 15 is 0 Å². The Labute approximate surface area is 199 Å². The number of carbonyl (C=O) groups excluding carboxylic acids is 1. The highest BCUT2D eigenvalue weighted by atomic mass is 32.2. The number of sulfonamides is 1. The number of nitrogens with zero attached hydrogens (tertiary/aromatic N) is 1. The van der Waals surface area contributed by atoms with E-state index in [9.17, 15) is 23.4 Å². The second kappa shape index (κ2) is 9.32. The minimum Gasteiger partial charge on any atom is -0.504 e. The van der Waals surface area contributed by atoms with E-state index in [4.69, 9.17) is 0 Å². The molecule has 3 aromatic carbocycles. The van der Waals surface area contributed by atoms with Crippen LogP contribution < -0.4 is 9.62 Å². The van der Waals surface area contributed by atoms with Crippen LogP contribution in [0.1, 0.15) is 23.6 Å². The molecule has 1 aliphatic rings. The SMILES string of the molecule is CC(=Cc1ccc(O)c(O)c1)C(=O)N(C)c1ccc(S(=O)(=O)NC2Cc3ccccc3C2)cc1. The van der Waals surface area contributed by atoms with Gasteiger partial charge in [-0.3, -0.25) is 4.79 Å². The van der Waals surface area contributed by atoms with Crippen LogP contribution in [0.5, 0.6) is 11.5 Å². The van der Waals surface area contributed by atoms with Gasteiger partial charge in [0.05, 0.1) is 4.90 Å². The summed E-state index contributed by atoms with van der Waals surface area (Å²) in [7, 11) is -2.10. The van der Waals surface area contributed by atoms with Crippen LogP contribution >= 0.6 is 0 Å². The lowest BCUT2D eigenvalue weighted by Gasteiger charge is -2.19. The third-order valence-corrected chi connectivity index (χ3v) is 7.47. The van der Waals surface area contributed by atoms with Gasteiger partial charge in [-0.15, -0.1) is 0 Å². The van der Waals surface area contributed by atoms with Crippen molar-refractivity contribution in [1.29, 1.82) is 0 Å². The molecule has 0 spiro atoms. The molecule has 3 aromatic rings. The van der Waals surface area contributed by atoms with Gasteiger partial charge in [0, 0.05) is 24.4 Å². The number of amides is 1. The molecule has 0 saturated heterocycles. The summed E-state index contributed by atoms with van der Waals surface area (Å²) >= 11 is 0. The summed E-state index contributed by atoms with van der Waals surface area (Å²) in [5.41, 5.74) is 3.84. The zero-order chi connectivity index (χ0) is 24.5. The summed E-state index contributed by atoms with van der Waals surface area (Å²) in [5, 5.41) is 19.1. The maximum Gasteiger partial charge on any atom is 0.253 e. The molecule has 1 amide bonds. The summed E-state index contributed by atoms with van der Waals surface area (Å²) in [5.74, 6) is -0.792. The first-order valence-electron chi connectivity index (χ1n) is 10.8. The Kier molecular flexibility index (Phi) is 6.45. The molecule has 0 aliphatic heterocycles. The van der Waals surface area contributed by atoms with Gasteiger partial charge in [-0.05, 0) is 78.9 Å². The quantitative estimate of drug-likeness (QED) is 0.371. The molecule has 1 aliphatic carbocycles. The van der Waals surface area contributed by atoms with Gasteiger partial charge in [0.25, 0.3) is 5.91 Å². The van der Waals surface area contributed by atoms with Crippen molar-refractivity contribution in [3.63, 3.8) is 0 Å². The average molecular weight is 479 g/mol. The number of phenolic OH excluding ortho intramolecular Hbond substituents is 2. The van der Waals surface area contributed by atoms with Crippen LogP contribution in [0.15, 0.2) is 77.2 Å². The van der Waals surface area contributed by atoms with E-state index in [0.717, 1.165) is 11.1 Å². The lowest BCUT2D eigenvalue weighted by molar-refractivity contribution is -0.114. The van der Waals surface area contributed by atoms with E-state index in [1.54, 1.807) is 38.2 Å². The predicted molar refractivity (Wildman–Crippen MR) is 131 cm³/mol. The molecule has 0 atom stereocenters. The monoisotopic (exact) mass is 478 g/mol. The Morgan fingerprint density at radius 2 is 1.59 bits per heavy atom. The Hall–Kier alpha value is -3.62. The minimum absolute atomic E-state index is 0.139. The Morgan fingerprint density at radius 1 is 0.971 bits per heavy atom. The first kappa shape index (κ1) is 23.5. The fraction of sp³-hybridized carbons (Fsp3) is 0.192. The first-order chi connectivity index (χ1) is 16.1. The van der Waals surface area contributed by atoms with E-state index < -0.39 is 10.0 Å². The maximum atomic E-state index is 12.9. The second-order valence-corrected chi connectivity index (χ2v) is 10.1. The van der Waals surface area contributed by atoms with Crippen molar-refractivity contribution >= 4 is 27.7 Å². The topological polar surface area (TPSA) is 107 Å². The molecular formula is C26H26N2O5S. The fourth-order valence-electron chi connectivity index (χ4n) is 4.10. The van der Waals surface area contributed by atoms with E-state index in [1.807, 2.05) is 24.3 Å². The molecule has 0 saturated carbocycles. The van der Waals surface area contributed by atoms with Crippen LogP contribution in [0, 0.1) is 0 Å². The molecule has 8 heteroatoms. The molecule has 0 heterocycles. The number of likely N-dealkylation sites (N-methyl/N-ethyl adjacent to an activating group) is 1. The molecule has 0 aromatic heterocycles. The molecule has 176 valence electrons. The van der Waals surface area contributed by atoms with Gasteiger partial charge >= 0.3 is 0 Å². The van der Waals surface area contributed by atoms with Gasteiger partial charge in [0.15, 0.2) is 11.5 Å². The maximum absolute atomic E-state index is 12.9. The largest absolute Gasteiger partial charge is 0.504 e. The van der Waals surface area contributed by atoms with Crippen molar-refractivity contribution in [2.75, 3.05) is 11.9 Å². The van der Waals surface area contributed by atoms with Gasteiger partial charge in [-0.1, -0.05) is 30.3 Å². The zero-order valence-corrected chi connectivity index (χ0v) is 19.7. The van der Waals surface area contributed by atoms with E-state index in [0.29, 0.717) is 29.7 Å². The molecule has 0 bridgehead atoms. The number of carbonyl (C=O) groups is 1. The number of rotatable bonds is 6. The Balaban J connectivity index is 1.44. The van der Waals surface area contributed by atoms with Crippen molar-refractivity contribution in [1.82, 2.24) is 4.72 Å². The van der Waals surface area contributed by atoms with Gasteiger partial charge in [-0.25, -0.2) is 13.1 Å². The molecule has 34 heavy (non-hydrogen) atoms. The summed E-state index contributed by atoms with van der Waals surface area (Å²) in [6.45, 7) is 1.64. The highest BCUT2D eigenvalue weighted by molar-refractivity contribution is 7.89. The molecule has 0 unspecified atom stereocenters. The number of fused-ring (bicyclic) bond motifs is 1. The van der Waals surface area contributed by atoms with E-state index in [1.165, 1.54) is 29.2 Å². The smallest absolute Gasteiger partial charge is 0.253 e. The highest BCUT2D eigenvalue weighted by Crippen LogP contribution is 2.27. The van der Waals surface area contributed by atoms with Crippen LogP contribution in [-0.2, 0) is 27.7 Å². The van der Waals surface area contributed by atoms with Crippen molar-refractivity contribution in [3.05, 3.63) is 89.0 Å². The zero-order valence-electron chi connectivity index (χ0n) is 18.9. The Bertz CT molecular complexity index is 1340. The highest BCUT2D eigenvalue weighted by Gasteiger charge is 2.26. The summed E-state index contributed by atoms with van der Waals surface area (Å²) in [6.07, 6.45) is 2.92. The van der Waals surface area contributed by atoms with Gasteiger partial charge in [0.2, 0.25) is 10.0 Å². The Morgan fingerprint density at radius 3 is 2.18 bits per heavy atom. The molecule has 0 fully saturated rings.